The number of rotatable bonds is 3. The molecule has 3 N–H and O–H groups in total. The van der Waals surface area contributed by atoms with Gasteiger partial charge in [0.2, 0.25) is 0 Å². The average Bonchev–Trinajstić information content (AvgIpc) is 3.21. The monoisotopic (exact) mass is 327 g/mol. The predicted octanol–water partition coefficient (Wildman–Crippen LogP) is 2.79. The normalized spacial score (nSPS) is 34.0. The van der Waals surface area contributed by atoms with Crippen molar-refractivity contribution in [3.63, 3.8) is 0 Å². The summed E-state index contributed by atoms with van der Waals surface area (Å²) in [5, 5.41) is 17.8. The summed E-state index contributed by atoms with van der Waals surface area (Å²) in [6.45, 7) is 0. The molecule has 0 saturated heterocycles. The van der Waals surface area contributed by atoms with Crippen molar-refractivity contribution in [1.82, 2.24) is 10.7 Å². The molecule has 0 heterocycles. The molecule has 0 aromatic heterocycles. The van der Waals surface area contributed by atoms with Crippen LogP contribution >= 0.6 is 12.2 Å². The Kier molecular flexibility index (Phi) is 3.81. The molecule has 0 radical (unpaired) electrons. The van der Waals surface area contributed by atoms with Gasteiger partial charge in [0.15, 0.2) is 5.11 Å². The Morgan fingerprint density at radius 2 is 2.13 bits per heavy atom. The third-order valence-corrected chi connectivity index (χ3v) is 5.84. The van der Waals surface area contributed by atoms with Crippen LogP contribution in [0.5, 0.6) is 5.75 Å². The van der Waals surface area contributed by atoms with Crippen molar-refractivity contribution < 1.29 is 5.11 Å². The molecule has 0 aliphatic heterocycles. The van der Waals surface area contributed by atoms with Gasteiger partial charge in [-0.25, -0.2) is 0 Å². The van der Waals surface area contributed by atoms with E-state index >= 15 is 0 Å². The van der Waals surface area contributed by atoms with E-state index in [1.54, 1.807) is 24.4 Å². The molecule has 4 rings (SSSR count). The number of allylic oxidation sites excluding steroid dienone is 2. The van der Waals surface area contributed by atoms with E-state index in [0.29, 0.717) is 22.6 Å². The molecule has 120 valence electrons. The fraction of sp³-hybridized carbons (Fsp3) is 0.444. The molecule has 4 nitrogen and oxygen atoms in total. The first-order valence-electron chi connectivity index (χ1n) is 8.26. The Hall–Kier alpha value is -1.88. The molecular weight excluding hydrogens is 306 g/mol. The Morgan fingerprint density at radius 1 is 1.26 bits per heavy atom. The minimum absolute atomic E-state index is 0.212. The van der Waals surface area contributed by atoms with E-state index in [2.05, 4.69) is 28.0 Å². The van der Waals surface area contributed by atoms with Gasteiger partial charge in [-0.05, 0) is 67.3 Å². The molecule has 3 aliphatic carbocycles. The van der Waals surface area contributed by atoms with Crippen molar-refractivity contribution in [3.8, 4) is 5.75 Å². The van der Waals surface area contributed by atoms with E-state index < -0.39 is 0 Å². The van der Waals surface area contributed by atoms with Crippen molar-refractivity contribution in [3.05, 3.63) is 42.0 Å². The Balaban J connectivity index is 1.31. The highest BCUT2D eigenvalue weighted by Gasteiger charge is 2.52. The van der Waals surface area contributed by atoms with Crippen molar-refractivity contribution in [2.45, 2.75) is 25.3 Å². The minimum atomic E-state index is 0.212. The highest BCUT2D eigenvalue weighted by atomic mass is 32.1. The summed E-state index contributed by atoms with van der Waals surface area (Å²) < 4.78 is 0. The van der Waals surface area contributed by atoms with Crippen LogP contribution in [0.1, 0.15) is 24.8 Å². The van der Waals surface area contributed by atoms with Gasteiger partial charge < -0.3 is 10.4 Å². The number of hydrogen-bond acceptors (Lipinski definition) is 3. The van der Waals surface area contributed by atoms with E-state index in [4.69, 9.17) is 12.2 Å². The lowest BCUT2D eigenvalue weighted by molar-refractivity contribution is 0.246. The summed E-state index contributed by atoms with van der Waals surface area (Å²) in [6, 6.07) is 7.55. The van der Waals surface area contributed by atoms with Crippen LogP contribution in [0, 0.1) is 23.7 Å². The standard InChI is InChI=1S/C18H21N3OS/c22-17-7-2-1-4-11(17)10-19-21-18(23)20-16-9-12-8-15(16)14-6-3-5-13(12)14/h1-4,6-7,10,12-16,22H,5,8-9H2,(H2,20,21,23)/b19-10-/t12-,13-,14+,15+,16-/m1/s1. The van der Waals surface area contributed by atoms with Gasteiger partial charge in [-0.2, -0.15) is 5.10 Å². The summed E-state index contributed by atoms with van der Waals surface area (Å²) >= 11 is 5.36. The van der Waals surface area contributed by atoms with Crippen LogP contribution in [0.25, 0.3) is 0 Å². The Labute approximate surface area is 141 Å². The maximum atomic E-state index is 9.69. The maximum Gasteiger partial charge on any atom is 0.187 e. The van der Waals surface area contributed by atoms with Crippen LogP contribution in [0.4, 0.5) is 0 Å². The first-order chi connectivity index (χ1) is 11.2. The summed E-state index contributed by atoms with van der Waals surface area (Å²) in [6.07, 6.45) is 10.2. The first kappa shape index (κ1) is 14.7. The number of thiocarbonyl (C=S) groups is 1. The highest BCUT2D eigenvalue weighted by molar-refractivity contribution is 7.80. The average molecular weight is 327 g/mol. The maximum absolute atomic E-state index is 9.69. The van der Waals surface area contributed by atoms with Gasteiger partial charge in [0.25, 0.3) is 0 Å². The summed E-state index contributed by atoms with van der Waals surface area (Å²) in [7, 11) is 0. The zero-order chi connectivity index (χ0) is 15.8. The number of hydrogen-bond donors (Lipinski definition) is 3. The van der Waals surface area contributed by atoms with Gasteiger partial charge >= 0.3 is 0 Å². The van der Waals surface area contributed by atoms with Crippen molar-refractivity contribution >= 4 is 23.5 Å². The van der Waals surface area contributed by atoms with Gasteiger partial charge in [-0.15, -0.1) is 0 Å². The Bertz CT molecular complexity index is 672. The highest BCUT2D eigenvalue weighted by Crippen LogP contribution is 2.56. The van der Waals surface area contributed by atoms with Crippen LogP contribution < -0.4 is 10.7 Å². The topological polar surface area (TPSA) is 56.7 Å². The van der Waals surface area contributed by atoms with Crippen LogP contribution in [-0.2, 0) is 0 Å². The number of para-hydroxylation sites is 1. The summed E-state index contributed by atoms with van der Waals surface area (Å²) in [4.78, 5) is 0. The van der Waals surface area contributed by atoms with Gasteiger partial charge in [0, 0.05) is 11.6 Å². The van der Waals surface area contributed by atoms with Crippen LogP contribution in [0.15, 0.2) is 41.5 Å². The second-order valence-corrected chi connectivity index (χ2v) is 7.22. The lowest BCUT2D eigenvalue weighted by Gasteiger charge is -2.32. The molecular formula is C18H21N3OS. The SMILES string of the molecule is Oc1ccccc1/C=N\NC(=S)N[C@@H]1C[C@H]2C[C@H]1[C@H]1C=CC[C@H]21. The summed E-state index contributed by atoms with van der Waals surface area (Å²) in [5.41, 5.74) is 3.53. The van der Waals surface area contributed by atoms with E-state index in [0.717, 1.165) is 17.8 Å². The fourth-order valence-corrected chi connectivity index (χ4v) is 4.87. The van der Waals surface area contributed by atoms with Gasteiger partial charge in [-0.1, -0.05) is 24.3 Å². The lowest BCUT2D eigenvalue weighted by Crippen LogP contribution is -2.45. The zero-order valence-corrected chi connectivity index (χ0v) is 13.7. The third-order valence-electron chi connectivity index (χ3n) is 5.63. The molecule has 2 bridgehead atoms. The molecule has 2 fully saturated rings. The van der Waals surface area contributed by atoms with Crippen molar-refractivity contribution in [2.24, 2.45) is 28.8 Å². The van der Waals surface area contributed by atoms with Crippen molar-refractivity contribution in [2.75, 3.05) is 0 Å². The first-order valence-corrected chi connectivity index (χ1v) is 8.67. The number of fused-ring (bicyclic) bond motifs is 5. The Morgan fingerprint density at radius 3 is 3.00 bits per heavy atom. The number of nitrogens with zero attached hydrogens (tertiary/aromatic N) is 1. The van der Waals surface area contributed by atoms with Crippen LogP contribution in [0.3, 0.4) is 0 Å². The second-order valence-electron chi connectivity index (χ2n) is 6.81. The van der Waals surface area contributed by atoms with Crippen LogP contribution in [0.2, 0.25) is 0 Å². The fourth-order valence-electron chi connectivity index (χ4n) is 4.67. The molecule has 5 atom stereocenters. The molecule has 23 heavy (non-hydrogen) atoms. The largest absolute Gasteiger partial charge is 0.507 e. The number of nitrogens with one attached hydrogen (secondary N) is 2. The number of hydrazone groups is 1. The number of benzene rings is 1. The van der Waals surface area contributed by atoms with Gasteiger partial charge in [0.05, 0.1) is 6.21 Å². The van der Waals surface area contributed by atoms with Gasteiger partial charge in [-0.3, -0.25) is 5.43 Å². The molecule has 0 amide bonds. The minimum Gasteiger partial charge on any atom is -0.507 e. The smallest absolute Gasteiger partial charge is 0.187 e. The molecule has 0 spiro atoms. The molecule has 1 aromatic rings. The predicted molar refractivity (Wildman–Crippen MR) is 95.3 cm³/mol. The summed E-state index contributed by atoms with van der Waals surface area (Å²) in [5.74, 6) is 3.41. The van der Waals surface area contributed by atoms with E-state index in [-0.39, 0.29) is 5.75 Å². The molecule has 0 unspecified atom stereocenters. The van der Waals surface area contributed by atoms with E-state index in [1.807, 2.05) is 6.07 Å². The number of phenolic OH excluding ortho intramolecular Hbond substituents is 1. The molecule has 5 heteroatoms. The second kappa shape index (κ2) is 5.96. The quantitative estimate of drug-likeness (QED) is 0.346. The van der Waals surface area contributed by atoms with Gasteiger partial charge in [0.1, 0.15) is 5.75 Å². The zero-order valence-electron chi connectivity index (χ0n) is 12.9. The molecule has 2 saturated carbocycles. The third kappa shape index (κ3) is 2.74. The number of aromatic hydroxyl groups is 1. The van der Waals surface area contributed by atoms with E-state index in [1.165, 1.54) is 19.3 Å². The van der Waals surface area contributed by atoms with Crippen molar-refractivity contribution in [1.29, 1.82) is 0 Å². The molecule has 1 aromatic carbocycles. The van der Waals surface area contributed by atoms with E-state index in [9.17, 15) is 5.11 Å². The van der Waals surface area contributed by atoms with Crippen LogP contribution in [-0.4, -0.2) is 22.5 Å². The lowest BCUT2D eigenvalue weighted by atomic mass is 9.79. The number of phenols is 1. The molecule has 3 aliphatic rings.